The summed E-state index contributed by atoms with van der Waals surface area (Å²) in [5.74, 6) is 1.33. The van der Waals surface area contributed by atoms with E-state index in [1.54, 1.807) is 31.0 Å². The monoisotopic (exact) mass is 397 g/mol. The zero-order chi connectivity index (χ0) is 19.8. The van der Waals surface area contributed by atoms with Gasteiger partial charge in [0.1, 0.15) is 5.82 Å². The molecule has 0 saturated carbocycles. The van der Waals surface area contributed by atoms with Gasteiger partial charge in [-0.1, -0.05) is 54.2 Å². The van der Waals surface area contributed by atoms with Gasteiger partial charge in [-0.15, -0.1) is 10.2 Å². The summed E-state index contributed by atoms with van der Waals surface area (Å²) in [7, 11) is 3.07. The third-order valence-electron chi connectivity index (χ3n) is 4.26. The molecule has 0 bridgehead atoms. The van der Waals surface area contributed by atoms with E-state index in [2.05, 4.69) is 26.9 Å². The Bertz CT molecular complexity index is 895. The Morgan fingerprint density at radius 1 is 1.00 bits per heavy atom. The summed E-state index contributed by atoms with van der Waals surface area (Å²) < 4.78 is 12.1. The molecule has 0 saturated heterocycles. The Morgan fingerprint density at radius 2 is 1.75 bits per heavy atom. The highest BCUT2D eigenvalue weighted by Crippen LogP contribution is 2.23. The summed E-state index contributed by atoms with van der Waals surface area (Å²) in [6, 6.07) is 17.6. The average molecular weight is 398 g/mol. The van der Waals surface area contributed by atoms with Crippen molar-refractivity contribution in [2.45, 2.75) is 23.9 Å². The lowest BCUT2D eigenvalue weighted by Gasteiger charge is -2.10. The Hall–Kier alpha value is -2.64. The fourth-order valence-corrected chi connectivity index (χ4v) is 3.68. The summed E-state index contributed by atoms with van der Waals surface area (Å²) in [6.07, 6.45) is 0.728. The number of carbonyl (C=O) groups excluding carboxylic acids is 1. The highest BCUT2D eigenvalue weighted by atomic mass is 32.2. The summed E-state index contributed by atoms with van der Waals surface area (Å²) in [4.78, 5) is 11.5. The first-order chi connectivity index (χ1) is 13.7. The summed E-state index contributed by atoms with van der Waals surface area (Å²) >= 11 is 1.62. The summed E-state index contributed by atoms with van der Waals surface area (Å²) in [5.41, 5.74) is 2.84. The zero-order valence-corrected chi connectivity index (χ0v) is 16.8. The molecule has 3 rings (SSSR count). The second kappa shape index (κ2) is 10.1. The van der Waals surface area contributed by atoms with Gasteiger partial charge >= 0.3 is 5.97 Å². The minimum atomic E-state index is -0.330. The molecule has 0 N–H and O–H groups in total. The van der Waals surface area contributed by atoms with Crippen LogP contribution < -0.4 is 0 Å². The van der Waals surface area contributed by atoms with E-state index in [4.69, 9.17) is 9.47 Å². The van der Waals surface area contributed by atoms with Crippen LogP contribution in [0.3, 0.4) is 0 Å². The third kappa shape index (κ3) is 5.21. The lowest BCUT2D eigenvalue weighted by Crippen LogP contribution is -2.10. The molecule has 28 heavy (non-hydrogen) atoms. The number of nitrogens with zero attached hydrogens (tertiary/aromatic N) is 3. The molecule has 0 aliphatic rings. The number of esters is 1. The van der Waals surface area contributed by atoms with E-state index < -0.39 is 0 Å². The van der Waals surface area contributed by atoms with Gasteiger partial charge in [0, 0.05) is 25.8 Å². The number of benzene rings is 2. The van der Waals surface area contributed by atoms with Crippen LogP contribution in [0.4, 0.5) is 0 Å². The van der Waals surface area contributed by atoms with Crippen molar-refractivity contribution >= 4 is 17.7 Å². The Kier molecular flexibility index (Phi) is 7.22. The molecule has 0 amide bonds. The maximum atomic E-state index is 11.5. The van der Waals surface area contributed by atoms with E-state index in [9.17, 15) is 4.79 Å². The molecule has 146 valence electrons. The molecule has 0 unspecified atom stereocenters. The molecule has 0 aliphatic heterocycles. The number of rotatable bonds is 9. The number of methoxy groups -OCH3 is 2. The van der Waals surface area contributed by atoms with Gasteiger partial charge in [0.2, 0.25) is 0 Å². The van der Waals surface area contributed by atoms with E-state index in [1.807, 2.05) is 30.3 Å². The van der Waals surface area contributed by atoms with Crippen molar-refractivity contribution in [3.05, 3.63) is 77.1 Å². The summed E-state index contributed by atoms with van der Waals surface area (Å²) in [5, 5.41) is 9.65. The van der Waals surface area contributed by atoms with Gasteiger partial charge in [-0.25, -0.2) is 4.79 Å². The number of ether oxygens (including phenoxy) is 2. The molecule has 2 aromatic carbocycles. The molecule has 0 radical (unpaired) electrons. The van der Waals surface area contributed by atoms with Crippen molar-refractivity contribution in [2.24, 2.45) is 0 Å². The fraction of sp³-hybridized carbons (Fsp3) is 0.286. The van der Waals surface area contributed by atoms with Gasteiger partial charge in [-0.05, 0) is 23.3 Å². The first kappa shape index (κ1) is 20.1. The van der Waals surface area contributed by atoms with Crippen LogP contribution in [0.1, 0.15) is 27.3 Å². The molecule has 6 nitrogen and oxygen atoms in total. The number of aromatic nitrogens is 3. The van der Waals surface area contributed by atoms with E-state index in [0.717, 1.165) is 28.7 Å². The van der Waals surface area contributed by atoms with Crippen molar-refractivity contribution < 1.29 is 14.3 Å². The fourth-order valence-electron chi connectivity index (χ4n) is 2.74. The molecule has 0 spiro atoms. The maximum Gasteiger partial charge on any atom is 0.337 e. The molecular formula is C21H23N3O3S. The highest BCUT2D eigenvalue weighted by Gasteiger charge is 2.13. The third-order valence-corrected chi connectivity index (χ3v) is 5.30. The van der Waals surface area contributed by atoms with Crippen LogP contribution in [0, 0.1) is 0 Å². The quantitative estimate of drug-likeness (QED) is 0.406. The van der Waals surface area contributed by atoms with Crippen LogP contribution in [0.5, 0.6) is 0 Å². The lowest BCUT2D eigenvalue weighted by molar-refractivity contribution is 0.0600. The van der Waals surface area contributed by atoms with Crippen LogP contribution in [0.25, 0.3) is 0 Å². The standard InChI is InChI=1S/C21H23N3O3S/c1-26-13-12-24-19(14-16-6-4-3-5-7-16)22-23-21(24)28-15-17-8-10-18(11-9-17)20(25)27-2/h3-11H,12-15H2,1-2H3. The van der Waals surface area contributed by atoms with Gasteiger partial charge in [-0.3, -0.25) is 0 Å². The summed E-state index contributed by atoms with van der Waals surface area (Å²) in [6.45, 7) is 1.30. The lowest BCUT2D eigenvalue weighted by atomic mass is 10.1. The first-order valence-electron chi connectivity index (χ1n) is 8.96. The molecule has 3 aromatic rings. The van der Waals surface area contributed by atoms with E-state index in [1.165, 1.54) is 12.7 Å². The van der Waals surface area contributed by atoms with Crippen molar-refractivity contribution in [3.63, 3.8) is 0 Å². The number of hydrogen-bond acceptors (Lipinski definition) is 6. The second-order valence-electron chi connectivity index (χ2n) is 6.18. The zero-order valence-electron chi connectivity index (χ0n) is 16.0. The van der Waals surface area contributed by atoms with Crippen LogP contribution in [-0.2, 0) is 28.2 Å². The van der Waals surface area contributed by atoms with Gasteiger partial charge in [0.25, 0.3) is 0 Å². The van der Waals surface area contributed by atoms with Crippen molar-refractivity contribution in [3.8, 4) is 0 Å². The number of carbonyl (C=O) groups is 1. The average Bonchev–Trinajstić information content (AvgIpc) is 3.12. The Balaban J connectivity index is 1.71. The molecule has 0 fully saturated rings. The maximum absolute atomic E-state index is 11.5. The van der Waals surface area contributed by atoms with Crippen LogP contribution in [0.15, 0.2) is 59.8 Å². The van der Waals surface area contributed by atoms with Crippen LogP contribution in [-0.4, -0.2) is 41.6 Å². The molecular weight excluding hydrogens is 374 g/mol. The van der Waals surface area contributed by atoms with E-state index in [-0.39, 0.29) is 5.97 Å². The van der Waals surface area contributed by atoms with Crippen molar-refractivity contribution in [1.29, 1.82) is 0 Å². The normalized spacial score (nSPS) is 10.8. The predicted molar refractivity (Wildman–Crippen MR) is 108 cm³/mol. The predicted octanol–water partition coefficient (Wildman–Crippen LogP) is 3.59. The van der Waals surface area contributed by atoms with Crippen LogP contribution in [0.2, 0.25) is 0 Å². The second-order valence-corrected chi connectivity index (χ2v) is 7.13. The molecule has 7 heteroatoms. The van der Waals surface area contributed by atoms with Crippen molar-refractivity contribution in [1.82, 2.24) is 14.8 Å². The van der Waals surface area contributed by atoms with Gasteiger partial charge < -0.3 is 14.0 Å². The van der Waals surface area contributed by atoms with Crippen LogP contribution >= 0.6 is 11.8 Å². The topological polar surface area (TPSA) is 66.2 Å². The Labute approximate surface area is 168 Å². The molecule has 1 heterocycles. The largest absolute Gasteiger partial charge is 0.465 e. The van der Waals surface area contributed by atoms with Crippen molar-refractivity contribution in [2.75, 3.05) is 20.8 Å². The minimum absolute atomic E-state index is 0.330. The number of hydrogen-bond donors (Lipinski definition) is 0. The van der Waals surface area contributed by atoms with Gasteiger partial charge in [0.05, 0.1) is 19.3 Å². The first-order valence-corrected chi connectivity index (χ1v) is 9.95. The van der Waals surface area contributed by atoms with Gasteiger partial charge in [-0.2, -0.15) is 0 Å². The Morgan fingerprint density at radius 3 is 2.43 bits per heavy atom. The number of thioether (sulfide) groups is 1. The van der Waals surface area contributed by atoms with E-state index >= 15 is 0 Å². The SMILES string of the molecule is COCCn1c(Cc2ccccc2)nnc1SCc1ccc(C(=O)OC)cc1. The highest BCUT2D eigenvalue weighted by molar-refractivity contribution is 7.98. The van der Waals surface area contributed by atoms with E-state index in [0.29, 0.717) is 18.7 Å². The molecule has 0 atom stereocenters. The minimum Gasteiger partial charge on any atom is -0.465 e. The molecule has 1 aromatic heterocycles. The molecule has 0 aliphatic carbocycles. The smallest absolute Gasteiger partial charge is 0.337 e. The van der Waals surface area contributed by atoms with Gasteiger partial charge in [0.15, 0.2) is 5.16 Å².